The summed E-state index contributed by atoms with van der Waals surface area (Å²) in [4.78, 5) is 20.2. The molecule has 148 valence electrons. The maximum atomic E-state index is 11.9. The molecule has 0 aliphatic heterocycles. The minimum absolute atomic E-state index is 0.0284. The van der Waals surface area contributed by atoms with E-state index in [-0.39, 0.29) is 6.04 Å². The molecule has 0 bridgehead atoms. The lowest BCUT2D eigenvalue weighted by Crippen LogP contribution is -2.48. The largest absolute Gasteiger partial charge is 0.444 e. The molecule has 0 saturated carbocycles. The third-order valence-electron chi connectivity index (χ3n) is 3.35. The molecule has 0 radical (unpaired) electrons. The van der Waals surface area contributed by atoms with Crippen LogP contribution in [0.4, 0.5) is 4.79 Å². The van der Waals surface area contributed by atoms with Crippen LogP contribution >= 0.6 is 0 Å². The van der Waals surface area contributed by atoms with Crippen molar-refractivity contribution in [2.45, 2.75) is 72.1 Å². The molecular weight excluding hydrogens is 336 g/mol. The summed E-state index contributed by atoms with van der Waals surface area (Å²) in [6.07, 6.45) is 2.58. The molecule has 1 atom stereocenters. The van der Waals surface area contributed by atoms with E-state index < -0.39 is 11.7 Å². The zero-order valence-corrected chi connectivity index (χ0v) is 16.7. The Morgan fingerprint density at radius 3 is 2.62 bits per heavy atom. The van der Waals surface area contributed by atoms with Crippen molar-refractivity contribution in [2.24, 2.45) is 4.99 Å². The Morgan fingerprint density at radius 1 is 1.35 bits per heavy atom. The van der Waals surface area contributed by atoms with E-state index in [1.165, 1.54) is 0 Å². The first-order valence-electron chi connectivity index (χ1n) is 8.96. The van der Waals surface area contributed by atoms with Gasteiger partial charge < -0.3 is 25.2 Å². The van der Waals surface area contributed by atoms with Crippen LogP contribution in [0.5, 0.6) is 0 Å². The highest BCUT2D eigenvalue weighted by atomic mass is 16.6. The number of unbranched alkanes of at least 4 members (excludes halogenated alkanes) is 1. The highest BCUT2D eigenvalue weighted by Crippen LogP contribution is 2.07. The molecule has 1 amide bonds. The lowest BCUT2D eigenvalue weighted by atomic mass is 10.1. The number of aryl methyl sites for hydroxylation is 1. The second kappa shape index (κ2) is 10.6. The fraction of sp³-hybridized carbons (Fsp3) is 0.765. The summed E-state index contributed by atoms with van der Waals surface area (Å²) in [6.45, 7) is 10.2. The van der Waals surface area contributed by atoms with Crippen molar-refractivity contribution in [3.8, 4) is 0 Å². The topological polar surface area (TPSA) is 114 Å². The minimum atomic E-state index is -0.517. The molecule has 0 aliphatic carbocycles. The summed E-state index contributed by atoms with van der Waals surface area (Å²) in [6, 6.07) is 0.0284. The van der Waals surface area contributed by atoms with Crippen LogP contribution in [0.1, 0.15) is 58.7 Å². The molecule has 1 aromatic heterocycles. The monoisotopic (exact) mass is 368 g/mol. The summed E-state index contributed by atoms with van der Waals surface area (Å²) in [7, 11) is 1.69. The molecule has 26 heavy (non-hydrogen) atoms. The van der Waals surface area contributed by atoms with E-state index in [1.54, 1.807) is 14.0 Å². The zero-order valence-electron chi connectivity index (χ0n) is 16.7. The van der Waals surface area contributed by atoms with Gasteiger partial charge in [-0.15, -0.1) is 0 Å². The number of hydrogen-bond acceptors (Lipinski definition) is 6. The average molecular weight is 368 g/mol. The highest BCUT2D eigenvalue weighted by Gasteiger charge is 2.18. The van der Waals surface area contributed by atoms with Gasteiger partial charge in [-0.3, -0.25) is 4.99 Å². The molecule has 1 unspecified atom stereocenters. The van der Waals surface area contributed by atoms with Crippen molar-refractivity contribution in [1.29, 1.82) is 0 Å². The second-order valence-corrected chi connectivity index (χ2v) is 7.02. The van der Waals surface area contributed by atoms with E-state index in [4.69, 9.17) is 9.26 Å². The number of guanidine groups is 1. The third kappa shape index (κ3) is 9.24. The van der Waals surface area contributed by atoms with Gasteiger partial charge in [0.1, 0.15) is 5.60 Å². The van der Waals surface area contributed by atoms with E-state index in [0.717, 1.165) is 19.3 Å². The van der Waals surface area contributed by atoms with Crippen LogP contribution in [0, 0.1) is 6.92 Å². The molecule has 1 aromatic rings. The van der Waals surface area contributed by atoms with Crippen molar-refractivity contribution in [3.63, 3.8) is 0 Å². The smallest absolute Gasteiger partial charge is 0.407 e. The molecular formula is C17H32N6O3. The Bertz CT molecular complexity index is 579. The number of nitrogens with zero attached hydrogens (tertiary/aromatic N) is 3. The number of aliphatic imine (C=N–C) groups is 1. The molecule has 9 nitrogen and oxygen atoms in total. The maximum Gasteiger partial charge on any atom is 0.407 e. The molecule has 0 saturated heterocycles. The van der Waals surface area contributed by atoms with E-state index >= 15 is 0 Å². The first kappa shape index (κ1) is 21.7. The Kier molecular flexibility index (Phi) is 8.87. The van der Waals surface area contributed by atoms with Gasteiger partial charge in [0.05, 0.1) is 6.54 Å². The van der Waals surface area contributed by atoms with Crippen molar-refractivity contribution >= 4 is 12.1 Å². The van der Waals surface area contributed by atoms with Gasteiger partial charge in [0, 0.05) is 26.6 Å². The number of amides is 1. The number of carbonyl (C=O) groups is 1. The van der Waals surface area contributed by atoms with Gasteiger partial charge in [-0.05, 0) is 27.2 Å². The maximum absolute atomic E-state index is 11.9. The summed E-state index contributed by atoms with van der Waals surface area (Å²) in [5, 5.41) is 13.1. The van der Waals surface area contributed by atoms with Gasteiger partial charge in [0.25, 0.3) is 0 Å². The van der Waals surface area contributed by atoms with Gasteiger partial charge in [0.15, 0.2) is 11.8 Å². The SMILES string of the molecule is CCCCC(CNC(=O)OC(C)(C)C)NC(=NC)NCc1noc(C)n1. The first-order valence-corrected chi connectivity index (χ1v) is 8.96. The second-order valence-electron chi connectivity index (χ2n) is 7.02. The molecule has 0 fully saturated rings. The summed E-state index contributed by atoms with van der Waals surface area (Å²) in [5.74, 6) is 1.69. The lowest BCUT2D eigenvalue weighted by molar-refractivity contribution is 0.0523. The van der Waals surface area contributed by atoms with Crippen molar-refractivity contribution in [2.75, 3.05) is 13.6 Å². The number of rotatable bonds is 8. The number of hydrogen-bond donors (Lipinski definition) is 3. The molecule has 0 spiro atoms. The summed E-state index contributed by atoms with van der Waals surface area (Å²) in [5.41, 5.74) is -0.517. The van der Waals surface area contributed by atoms with Crippen LogP contribution < -0.4 is 16.0 Å². The van der Waals surface area contributed by atoms with Gasteiger partial charge in [0.2, 0.25) is 5.89 Å². The van der Waals surface area contributed by atoms with Crippen LogP contribution in [0.3, 0.4) is 0 Å². The standard InChI is InChI=1S/C17H32N6O3/c1-7-8-9-13(10-20-16(24)25-17(3,4)5)22-15(18-6)19-11-14-21-12(2)26-23-14/h13H,7-11H2,1-6H3,(H,20,24)(H2,18,19,22). The molecule has 1 heterocycles. The van der Waals surface area contributed by atoms with Gasteiger partial charge in [-0.25, -0.2) is 4.79 Å². The molecule has 0 aliphatic rings. The number of carbonyl (C=O) groups excluding carboxylic acids is 1. The van der Waals surface area contributed by atoms with E-state index in [1.807, 2.05) is 20.8 Å². The minimum Gasteiger partial charge on any atom is -0.444 e. The molecule has 1 rings (SSSR count). The van der Waals surface area contributed by atoms with E-state index in [9.17, 15) is 4.79 Å². The van der Waals surface area contributed by atoms with Crippen molar-refractivity contribution in [1.82, 2.24) is 26.1 Å². The fourth-order valence-corrected chi connectivity index (χ4v) is 2.16. The number of nitrogens with one attached hydrogen (secondary N) is 3. The molecule has 0 aromatic carbocycles. The van der Waals surface area contributed by atoms with E-state index in [2.05, 4.69) is 38.0 Å². The summed E-state index contributed by atoms with van der Waals surface area (Å²) < 4.78 is 10.2. The van der Waals surface area contributed by atoms with Crippen molar-refractivity contribution < 1.29 is 14.1 Å². The summed E-state index contributed by atoms with van der Waals surface area (Å²) >= 11 is 0. The first-order chi connectivity index (χ1) is 12.2. The van der Waals surface area contributed by atoms with Crippen LogP contribution in [-0.4, -0.2) is 47.4 Å². The highest BCUT2D eigenvalue weighted by molar-refractivity contribution is 5.80. The molecule has 3 N–H and O–H groups in total. The van der Waals surface area contributed by atoms with Gasteiger partial charge >= 0.3 is 6.09 Å². The Labute approximate surface area is 155 Å². The van der Waals surface area contributed by atoms with E-state index in [0.29, 0.717) is 30.8 Å². The number of alkyl carbamates (subject to hydrolysis) is 1. The zero-order chi connectivity index (χ0) is 19.6. The Hall–Kier alpha value is -2.32. The third-order valence-corrected chi connectivity index (χ3v) is 3.35. The van der Waals surface area contributed by atoms with Crippen LogP contribution in [-0.2, 0) is 11.3 Å². The van der Waals surface area contributed by atoms with Gasteiger partial charge in [-0.2, -0.15) is 4.98 Å². The van der Waals surface area contributed by atoms with Crippen LogP contribution in [0.25, 0.3) is 0 Å². The van der Waals surface area contributed by atoms with Crippen molar-refractivity contribution in [3.05, 3.63) is 11.7 Å². The number of ether oxygens (including phenoxy) is 1. The van der Waals surface area contributed by atoms with Crippen LogP contribution in [0.2, 0.25) is 0 Å². The predicted molar refractivity (Wildman–Crippen MR) is 99.9 cm³/mol. The normalized spacial score (nSPS) is 13.2. The Balaban J connectivity index is 2.53. The predicted octanol–water partition coefficient (Wildman–Crippen LogP) is 2.13. The lowest BCUT2D eigenvalue weighted by Gasteiger charge is -2.24. The Morgan fingerprint density at radius 2 is 2.08 bits per heavy atom. The van der Waals surface area contributed by atoms with Gasteiger partial charge in [-0.1, -0.05) is 24.9 Å². The van der Waals surface area contributed by atoms with Crippen LogP contribution in [0.15, 0.2) is 9.52 Å². The average Bonchev–Trinajstić information content (AvgIpc) is 2.97. The number of aromatic nitrogens is 2. The quantitative estimate of drug-likeness (QED) is 0.476. The fourth-order valence-electron chi connectivity index (χ4n) is 2.16. The molecule has 9 heteroatoms.